The van der Waals surface area contributed by atoms with Crippen LogP contribution in [0.1, 0.15) is 38.5 Å². The molecule has 27 heavy (non-hydrogen) atoms. The monoisotopic (exact) mass is 395 g/mol. The minimum atomic E-state index is -3.30. The van der Waals surface area contributed by atoms with Gasteiger partial charge in [-0.15, -0.1) is 0 Å². The fraction of sp³-hybridized carbons (Fsp3) is 0.722. The lowest BCUT2D eigenvalue weighted by molar-refractivity contribution is -0.125. The first kappa shape index (κ1) is 20.0. The molecule has 2 fully saturated rings. The normalized spacial score (nSPS) is 19.8. The van der Waals surface area contributed by atoms with E-state index >= 15 is 0 Å². The van der Waals surface area contributed by atoms with Crippen LogP contribution in [0.5, 0.6) is 0 Å². The van der Waals surface area contributed by atoms with Crippen molar-refractivity contribution in [3.8, 4) is 0 Å². The Kier molecular flexibility index (Phi) is 7.01. The number of hydrogen-bond acceptors (Lipinski definition) is 6. The number of piperazine rings is 1. The third-order valence-electron chi connectivity index (χ3n) is 5.32. The summed E-state index contributed by atoms with van der Waals surface area (Å²) in [5.41, 5.74) is 0. The van der Waals surface area contributed by atoms with Crippen molar-refractivity contribution in [3.63, 3.8) is 0 Å². The second-order valence-electron chi connectivity index (χ2n) is 7.23. The van der Waals surface area contributed by atoms with E-state index in [2.05, 4.69) is 15.3 Å². The molecule has 9 heteroatoms. The summed E-state index contributed by atoms with van der Waals surface area (Å²) < 4.78 is 26.6. The maximum Gasteiger partial charge on any atom is 0.225 e. The van der Waals surface area contributed by atoms with Crippen molar-refractivity contribution in [1.82, 2.24) is 19.6 Å². The van der Waals surface area contributed by atoms with Gasteiger partial charge in [0.05, 0.1) is 5.75 Å². The van der Waals surface area contributed by atoms with Gasteiger partial charge in [0.25, 0.3) is 0 Å². The zero-order chi connectivity index (χ0) is 19.1. The van der Waals surface area contributed by atoms with E-state index in [0.29, 0.717) is 45.1 Å². The molecule has 1 aliphatic carbocycles. The van der Waals surface area contributed by atoms with Gasteiger partial charge >= 0.3 is 0 Å². The van der Waals surface area contributed by atoms with Gasteiger partial charge in [-0.3, -0.25) is 4.79 Å². The Morgan fingerprint density at radius 1 is 1.07 bits per heavy atom. The molecule has 1 saturated heterocycles. The zero-order valence-corrected chi connectivity index (χ0v) is 16.5. The Hall–Kier alpha value is -1.74. The van der Waals surface area contributed by atoms with Crippen LogP contribution in [-0.4, -0.2) is 67.1 Å². The van der Waals surface area contributed by atoms with Crippen molar-refractivity contribution < 1.29 is 13.2 Å². The molecule has 1 aromatic heterocycles. The van der Waals surface area contributed by atoms with E-state index in [1.54, 1.807) is 18.5 Å². The predicted octanol–water partition coefficient (Wildman–Crippen LogP) is 1.02. The molecule has 8 nitrogen and oxygen atoms in total. The smallest absolute Gasteiger partial charge is 0.225 e. The van der Waals surface area contributed by atoms with E-state index in [4.69, 9.17) is 0 Å². The third-order valence-corrected chi connectivity index (χ3v) is 7.28. The first-order valence-corrected chi connectivity index (χ1v) is 11.4. The van der Waals surface area contributed by atoms with Crippen LogP contribution in [0.4, 0.5) is 5.95 Å². The topological polar surface area (TPSA) is 95.5 Å². The Morgan fingerprint density at radius 2 is 1.74 bits per heavy atom. The minimum absolute atomic E-state index is 0.0692. The number of carbonyl (C=O) groups excluding carboxylic acids is 1. The van der Waals surface area contributed by atoms with Gasteiger partial charge in [-0.05, 0) is 25.3 Å². The largest absolute Gasteiger partial charge is 0.356 e. The number of nitrogens with zero attached hydrogens (tertiary/aromatic N) is 4. The SMILES string of the molecule is O=C(NCCCS(=O)(=O)N1CCN(c2ncccn2)CC1)C1CCCCC1. The Bertz CT molecular complexity index is 699. The van der Waals surface area contributed by atoms with E-state index in [1.807, 2.05) is 4.90 Å². The molecule has 1 aromatic rings. The fourth-order valence-corrected chi connectivity index (χ4v) is 5.21. The van der Waals surface area contributed by atoms with Crippen LogP contribution in [-0.2, 0) is 14.8 Å². The summed E-state index contributed by atoms with van der Waals surface area (Å²) in [6.45, 7) is 2.47. The summed E-state index contributed by atoms with van der Waals surface area (Å²) in [5, 5.41) is 2.91. The van der Waals surface area contributed by atoms with Gasteiger partial charge in [-0.1, -0.05) is 19.3 Å². The van der Waals surface area contributed by atoms with E-state index in [9.17, 15) is 13.2 Å². The number of anilines is 1. The summed E-state index contributed by atoms with van der Waals surface area (Å²) in [4.78, 5) is 22.5. The van der Waals surface area contributed by atoms with Crippen molar-refractivity contribution in [2.75, 3.05) is 43.4 Å². The molecule has 0 atom stereocenters. The highest BCUT2D eigenvalue weighted by Gasteiger charge is 2.27. The van der Waals surface area contributed by atoms with Crippen LogP contribution in [0.2, 0.25) is 0 Å². The second-order valence-corrected chi connectivity index (χ2v) is 9.32. The van der Waals surface area contributed by atoms with Gasteiger partial charge in [-0.25, -0.2) is 18.4 Å². The van der Waals surface area contributed by atoms with Gasteiger partial charge in [0, 0.05) is 51.0 Å². The molecule has 1 amide bonds. The summed E-state index contributed by atoms with van der Waals surface area (Å²) in [7, 11) is -3.30. The third kappa shape index (κ3) is 5.62. The molecule has 1 aliphatic heterocycles. The molecule has 0 aromatic carbocycles. The first-order chi connectivity index (χ1) is 13.1. The highest BCUT2D eigenvalue weighted by Crippen LogP contribution is 2.23. The number of carbonyl (C=O) groups is 1. The van der Waals surface area contributed by atoms with Crippen molar-refractivity contribution in [2.45, 2.75) is 38.5 Å². The molecule has 0 bridgehead atoms. The van der Waals surface area contributed by atoms with Crippen LogP contribution in [0.3, 0.4) is 0 Å². The number of hydrogen-bond donors (Lipinski definition) is 1. The molecule has 1 N–H and O–H groups in total. The van der Waals surface area contributed by atoms with Crippen LogP contribution in [0, 0.1) is 5.92 Å². The van der Waals surface area contributed by atoms with E-state index < -0.39 is 10.0 Å². The predicted molar refractivity (Wildman–Crippen MR) is 104 cm³/mol. The lowest BCUT2D eigenvalue weighted by Gasteiger charge is -2.33. The van der Waals surface area contributed by atoms with E-state index in [0.717, 1.165) is 25.7 Å². The lowest BCUT2D eigenvalue weighted by Crippen LogP contribution is -2.50. The van der Waals surface area contributed by atoms with Crippen LogP contribution in [0.25, 0.3) is 0 Å². The van der Waals surface area contributed by atoms with Crippen molar-refractivity contribution in [2.24, 2.45) is 5.92 Å². The molecule has 0 spiro atoms. The second kappa shape index (κ2) is 9.45. The standard InChI is InChI=1S/C18H29N5O3S/c24-17(16-6-2-1-3-7-16)19-10-5-15-27(25,26)23-13-11-22(12-14-23)18-20-8-4-9-21-18/h4,8-9,16H,1-3,5-7,10-15H2,(H,19,24). The van der Waals surface area contributed by atoms with Crippen molar-refractivity contribution in [3.05, 3.63) is 18.5 Å². The molecule has 0 unspecified atom stereocenters. The van der Waals surface area contributed by atoms with Gasteiger partial charge in [0.15, 0.2) is 0 Å². The highest BCUT2D eigenvalue weighted by atomic mass is 32.2. The van der Waals surface area contributed by atoms with Crippen molar-refractivity contribution >= 4 is 21.9 Å². The zero-order valence-electron chi connectivity index (χ0n) is 15.7. The molecular formula is C18H29N5O3S. The van der Waals surface area contributed by atoms with Crippen LogP contribution < -0.4 is 10.2 Å². The Balaban J connectivity index is 1.38. The van der Waals surface area contributed by atoms with Gasteiger partial charge in [-0.2, -0.15) is 4.31 Å². The van der Waals surface area contributed by atoms with E-state index in [1.165, 1.54) is 10.7 Å². The number of nitrogens with one attached hydrogen (secondary N) is 1. The van der Waals surface area contributed by atoms with Gasteiger partial charge in [0.1, 0.15) is 0 Å². The number of aromatic nitrogens is 2. The molecule has 150 valence electrons. The molecule has 2 heterocycles. The van der Waals surface area contributed by atoms with Gasteiger partial charge in [0.2, 0.25) is 21.9 Å². The molecular weight excluding hydrogens is 366 g/mol. The molecule has 1 saturated carbocycles. The van der Waals surface area contributed by atoms with Crippen LogP contribution in [0.15, 0.2) is 18.5 Å². The quantitative estimate of drug-likeness (QED) is 0.693. The average molecular weight is 396 g/mol. The number of sulfonamides is 1. The summed E-state index contributed by atoms with van der Waals surface area (Å²) in [6.07, 6.45) is 9.19. The molecule has 2 aliphatic rings. The maximum absolute atomic E-state index is 12.5. The molecule has 3 rings (SSSR count). The molecule has 0 radical (unpaired) electrons. The fourth-order valence-electron chi connectivity index (χ4n) is 3.73. The average Bonchev–Trinajstić information content (AvgIpc) is 2.72. The highest BCUT2D eigenvalue weighted by molar-refractivity contribution is 7.89. The number of amides is 1. The minimum Gasteiger partial charge on any atom is -0.356 e. The lowest BCUT2D eigenvalue weighted by atomic mass is 9.89. The first-order valence-electron chi connectivity index (χ1n) is 9.84. The van der Waals surface area contributed by atoms with E-state index in [-0.39, 0.29) is 17.6 Å². The van der Waals surface area contributed by atoms with Crippen LogP contribution >= 0.6 is 0 Å². The summed E-state index contributed by atoms with van der Waals surface area (Å²) in [6, 6.07) is 1.76. The maximum atomic E-state index is 12.5. The number of rotatable bonds is 7. The summed E-state index contributed by atoms with van der Waals surface area (Å²) >= 11 is 0. The van der Waals surface area contributed by atoms with Gasteiger partial charge < -0.3 is 10.2 Å². The summed E-state index contributed by atoms with van der Waals surface area (Å²) in [5.74, 6) is 0.909. The Labute approximate surface area is 161 Å². The van der Waals surface area contributed by atoms with Crippen molar-refractivity contribution in [1.29, 1.82) is 0 Å². The Morgan fingerprint density at radius 3 is 2.41 bits per heavy atom.